The van der Waals surface area contributed by atoms with Gasteiger partial charge in [-0.1, -0.05) is 31.2 Å². The highest BCUT2D eigenvalue weighted by atomic mass is 32.1. The van der Waals surface area contributed by atoms with Gasteiger partial charge in [0, 0.05) is 36.0 Å². The fourth-order valence-electron chi connectivity index (χ4n) is 2.12. The number of nitrogens with one attached hydrogen (secondary N) is 1. The average Bonchev–Trinajstić information content (AvgIpc) is 2.45. The average molecular weight is 274 g/mol. The Balaban J connectivity index is 2.15. The van der Waals surface area contributed by atoms with Gasteiger partial charge >= 0.3 is 0 Å². The Morgan fingerprint density at radius 1 is 1.37 bits per heavy atom. The Kier molecular flexibility index (Phi) is 4.80. The third-order valence-electron chi connectivity index (χ3n) is 3.14. The van der Waals surface area contributed by atoms with Crippen molar-refractivity contribution in [1.82, 2.24) is 10.3 Å². The first-order valence-electron chi connectivity index (χ1n) is 6.42. The van der Waals surface area contributed by atoms with E-state index in [1.165, 1.54) is 5.39 Å². The number of carbonyl (C=O) groups is 1. The summed E-state index contributed by atoms with van der Waals surface area (Å²) in [6.07, 6.45) is 4.40. The van der Waals surface area contributed by atoms with Crippen molar-refractivity contribution in [2.24, 2.45) is 5.92 Å². The summed E-state index contributed by atoms with van der Waals surface area (Å²) in [5, 5.41) is 5.15. The van der Waals surface area contributed by atoms with Gasteiger partial charge in [-0.25, -0.2) is 0 Å². The van der Waals surface area contributed by atoms with Crippen molar-refractivity contribution in [1.29, 1.82) is 0 Å². The van der Waals surface area contributed by atoms with E-state index in [1.807, 2.05) is 37.5 Å². The van der Waals surface area contributed by atoms with E-state index >= 15 is 0 Å². The van der Waals surface area contributed by atoms with Crippen LogP contribution in [0.5, 0.6) is 0 Å². The largest absolute Gasteiger partial charge is 0.355 e. The van der Waals surface area contributed by atoms with Gasteiger partial charge in [0.1, 0.15) is 0 Å². The number of hydrogen-bond acceptors (Lipinski definition) is 3. The van der Waals surface area contributed by atoms with Gasteiger partial charge in [0.05, 0.1) is 0 Å². The van der Waals surface area contributed by atoms with Crippen molar-refractivity contribution in [3.63, 3.8) is 0 Å². The number of benzene rings is 1. The van der Waals surface area contributed by atoms with E-state index in [1.54, 1.807) is 0 Å². The molecule has 0 spiro atoms. The summed E-state index contributed by atoms with van der Waals surface area (Å²) in [6.45, 7) is 2.55. The predicted molar refractivity (Wildman–Crippen MR) is 81.5 cm³/mol. The lowest BCUT2D eigenvalue weighted by Gasteiger charge is -2.13. The van der Waals surface area contributed by atoms with Crippen LogP contribution in [0.3, 0.4) is 0 Å². The first kappa shape index (κ1) is 13.9. The topological polar surface area (TPSA) is 42.0 Å². The molecule has 0 radical (unpaired) electrons. The summed E-state index contributed by atoms with van der Waals surface area (Å²) in [5.41, 5.74) is 1.12. The minimum absolute atomic E-state index is 0.0625. The molecule has 2 rings (SSSR count). The molecule has 0 saturated heterocycles. The Bertz CT molecular complexity index is 566. The fourth-order valence-corrected chi connectivity index (χ4v) is 2.23. The van der Waals surface area contributed by atoms with E-state index in [4.69, 9.17) is 0 Å². The number of thiol groups is 1. The van der Waals surface area contributed by atoms with Gasteiger partial charge in [0.2, 0.25) is 5.91 Å². The van der Waals surface area contributed by atoms with Crippen molar-refractivity contribution in [2.45, 2.75) is 13.3 Å². The molecule has 0 aliphatic rings. The Morgan fingerprint density at radius 2 is 2.16 bits per heavy atom. The monoisotopic (exact) mass is 274 g/mol. The number of carbonyl (C=O) groups excluding carboxylic acids is 1. The van der Waals surface area contributed by atoms with Crippen molar-refractivity contribution in [2.75, 3.05) is 12.3 Å². The van der Waals surface area contributed by atoms with Crippen molar-refractivity contribution >= 4 is 29.3 Å². The highest BCUT2D eigenvalue weighted by Gasteiger charge is 2.14. The van der Waals surface area contributed by atoms with Crippen LogP contribution in [0.1, 0.15) is 12.5 Å². The molecule has 0 fully saturated rings. The molecule has 1 amide bonds. The van der Waals surface area contributed by atoms with Gasteiger partial charge in [0.15, 0.2) is 0 Å². The third kappa shape index (κ3) is 3.47. The van der Waals surface area contributed by atoms with Crippen molar-refractivity contribution < 1.29 is 4.79 Å². The van der Waals surface area contributed by atoms with E-state index in [9.17, 15) is 4.79 Å². The van der Waals surface area contributed by atoms with E-state index in [0.717, 1.165) is 10.9 Å². The van der Waals surface area contributed by atoms with Gasteiger partial charge in [0.25, 0.3) is 0 Å². The second-order valence-corrected chi connectivity index (χ2v) is 5.09. The van der Waals surface area contributed by atoms with Crippen LogP contribution in [0.25, 0.3) is 10.8 Å². The van der Waals surface area contributed by atoms with E-state index in [2.05, 4.69) is 29.0 Å². The summed E-state index contributed by atoms with van der Waals surface area (Å²) in [6, 6.07) is 8.12. The molecule has 1 aromatic heterocycles. The lowest BCUT2D eigenvalue weighted by Crippen LogP contribution is -2.31. The molecule has 4 heteroatoms. The van der Waals surface area contributed by atoms with Gasteiger partial charge in [-0.05, 0) is 17.4 Å². The molecule has 1 unspecified atom stereocenters. The molecule has 1 atom stereocenters. The predicted octanol–water partition coefficient (Wildman–Crippen LogP) is 2.46. The van der Waals surface area contributed by atoms with Crippen LogP contribution in [-0.2, 0) is 11.2 Å². The lowest BCUT2D eigenvalue weighted by atomic mass is 9.97. The number of amides is 1. The molecule has 1 aromatic carbocycles. The standard InChI is InChI=1S/C15H18N2OS/c1-11(15(18)17-6-7-19)8-13-10-16-9-12-4-2-3-5-14(12)13/h2-5,9-11,19H,6-8H2,1H3,(H,17,18). The van der Waals surface area contributed by atoms with Gasteiger partial charge in [-0.3, -0.25) is 9.78 Å². The molecule has 1 heterocycles. The zero-order valence-electron chi connectivity index (χ0n) is 11.0. The summed E-state index contributed by atoms with van der Waals surface area (Å²) in [5.74, 6) is 0.670. The summed E-state index contributed by atoms with van der Waals surface area (Å²) >= 11 is 4.09. The molecule has 2 aromatic rings. The molecular formula is C15H18N2OS. The molecular weight excluding hydrogens is 256 g/mol. The number of pyridine rings is 1. The summed E-state index contributed by atoms with van der Waals surface area (Å²) in [7, 11) is 0. The van der Waals surface area contributed by atoms with Crippen LogP contribution in [-0.4, -0.2) is 23.2 Å². The number of rotatable bonds is 5. The third-order valence-corrected chi connectivity index (χ3v) is 3.36. The summed E-state index contributed by atoms with van der Waals surface area (Å²) < 4.78 is 0. The summed E-state index contributed by atoms with van der Waals surface area (Å²) in [4.78, 5) is 16.1. The molecule has 0 saturated carbocycles. The van der Waals surface area contributed by atoms with Crippen LogP contribution in [0.4, 0.5) is 0 Å². The zero-order valence-corrected chi connectivity index (χ0v) is 11.9. The lowest BCUT2D eigenvalue weighted by molar-refractivity contribution is -0.124. The normalized spacial score (nSPS) is 12.3. The van der Waals surface area contributed by atoms with E-state index < -0.39 is 0 Å². The number of aromatic nitrogens is 1. The second-order valence-electron chi connectivity index (χ2n) is 4.64. The minimum Gasteiger partial charge on any atom is -0.355 e. The second kappa shape index (κ2) is 6.57. The molecule has 0 aliphatic heterocycles. The van der Waals surface area contributed by atoms with Crippen LogP contribution in [0.15, 0.2) is 36.7 Å². The SMILES string of the molecule is CC(Cc1cncc2ccccc12)C(=O)NCCS. The Labute approximate surface area is 118 Å². The molecule has 19 heavy (non-hydrogen) atoms. The fraction of sp³-hybridized carbons (Fsp3) is 0.333. The minimum atomic E-state index is -0.0625. The smallest absolute Gasteiger partial charge is 0.223 e. The first-order valence-corrected chi connectivity index (χ1v) is 7.06. The number of hydrogen-bond donors (Lipinski definition) is 2. The quantitative estimate of drug-likeness (QED) is 0.822. The van der Waals surface area contributed by atoms with E-state index in [0.29, 0.717) is 18.7 Å². The Hall–Kier alpha value is -1.55. The molecule has 3 nitrogen and oxygen atoms in total. The molecule has 1 N–H and O–H groups in total. The van der Waals surface area contributed by atoms with Crippen molar-refractivity contribution in [3.8, 4) is 0 Å². The zero-order chi connectivity index (χ0) is 13.7. The highest BCUT2D eigenvalue weighted by molar-refractivity contribution is 7.80. The number of nitrogens with zero attached hydrogens (tertiary/aromatic N) is 1. The van der Waals surface area contributed by atoms with Gasteiger partial charge in [-0.2, -0.15) is 12.6 Å². The maximum absolute atomic E-state index is 11.9. The Morgan fingerprint density at radius 3 is 2.95 bits per heavy atom. The van der Waals surface area contributed by atoms with Crippen LogP contribution < -0.4 is 5.32 Å². The van der Waals surface area contributed by atoms with Gasteiger partial charge < -0.3 is 5.32 Å². The van der Waals surface area contributed by atoms with Crippen molar-refractivity contribution in [3.05, 3.63) is 42.2 Å². The molecule has 0 bridgehead atoms. The molecule has 100 valence electrons. The maximum Gasteiger partial charge on any atom is 0.223 e. The van der Waals surface area contributed by atoms with Crippen LogP contribution >= 0.6 is 12.6 Å². The maximum atomic E-state index is 11.9. The first-order chi connectivity index (χ1) is 9.22. The molecule has 0 aliphatic carbocycles. The van der Waals surface area contributed by atoms with Crippen LogP contribution in [0.2, 0.25) is 0 Å². The van der Waals surface area contributed by atoms with E-state index in [-0.39, 0.29) is 11.8 Å². The van der Waals surface area contributed by atoms with Crippen LogP contribution in [0, 0.1) is 5.92 Å². The highest BCUT2D eigenvalue weighted by Crippen LogP contribution is 2.19. The van der Waals surface area contributed by atoms with Gasteiger partial charge in [-0.15, -0.1) is 0 Å². The number of fused-ring (bicyclic) bond motifs is 1.